The highest BCUT2D eigenvalue weighted by molar-refractivity contribution is 6.31. The van der Waals surface area contributed by atoms with Gasteiger partial charge in [0, 0.05) is 29.0 Å². The van der Waals surface area contributed by atoms with Gasteiger partial charge < -0.3 is 14.6 Å². The Morgan fingerprint density at radius 2 is 1.74 bits per heavy atom. The molecule has 4 aromatic rings. The zero-order valence-electron chi connectivity index (χ0n) is 16.5. The van der Waals surface area contributed by atoms with Crippen LogP contribution in [0.15, 0.2) is 73.2 Å². The molecule has 0 atom stereocenters. The van der Waals surface area contributed by atoms with Crippen molar-refractivity contribution in [2.45, 2.75) is 6.61 Å². The third kappa shape index (κ3) is 4.59. The fraction of sp³-hybridized carbons (Fsp3) is 0.0833. The van der Waals surface area contributed by atoms with Crippen LogP contribution in [0.4, 0.5) is 4.39 Å². The van der Waals surface area contributed by atoms with E-state index in [1.54, 1.807) is 31.5 Å². The highest BCUT2D eigenvalue weighted by Gasteiger charge is 2.14. The van der Waals surface area contributed by atoms with Gasteiger partial charge in [-0.15, -0.1) is 0 Å². The van der Waals surface area contributed by atoms with Gasteiger partial charge in [-0.2, -0.15) is 0 Å². The molecule has 0 radical (unpaired) electrons. The summed E-state index contributed by atoms with van der Waals surface area (Å²) in [5.74, 6) is 0.791. The second-order valence-corrected chi connectivity index (χ2v) is 7.12. The molecule has 0 bridgehead atoms. The number of hydrogen-bond donors (Lipinski definition) is 1. The lowest BCUT2D eigenvalue weighted by Crippen LogP contribution is -1.97. The maximum atomic E-state index is 13.2. The Hall–Kier alpha value is -3.64. The van der Waals surface area contributed by atoms with Gasteiger partial charge in [-0.25, -0.2) is 14.4 Å². The van der Waals surface area contributed by atoms with E-state index < -0.39 is 5.82 Å². The lowest BCUT2D eigenvalue weighted by Gasteiger charge is -2.12. The zero-order chi connectivity index (χ0) is 21.8. The monoisotopic (exact) mass is 436 g/mol. The van der Waals surface area contributed by atoms with E-state index in [1.165, 1.54) is 24.5 Å². The summed E-state index contributed by atoms with van der Waals surface area (Å²) in [5.41, 5.74) is 3.43. The maximum absolute atomic E-state index is 13.2. The molecule has 1 N–H and O–H groups in total. The number of rotatable bonds is 6. The molecule has 7 heteroatoms. The topological polar surface area (TPSA) is 64.5 Å². The number of phenols is 1. The fourth-order valence-corrected chi connectivity index (χ4v) is 3.35. The molecule has 0 amide bonds. The predicted octanol–water partition coefficient (Wildman–Crippen LogP) is 5.90. The molecule has 1 heterocycles. The van der Waals surface area contributed by atoms with Crippen LogP contribution in [0.3, 0.4) is 0 Å². The standard InChI is InChI=1S/C24H18ClFN2O3/c1-30-18-6-3-15(4-7-18)21-12-27-14-28-24(21)20-9-8-19(11-23(20)29)31-13-16-2-5-17(26)10-22(16)25/h2-12,14,29H,13H2,1H3. The number of halogens is 2. The molecule has 0 saturated heterocycles. The van der Waals surface area contributed by atoms with Crippen LogP contribution in [0.5, 0.6) is 17.2 Å². The van der Waals surface area contributed by atoms with Crippen LogP contribution in [0.1, 0.15) is 5.56 Å². The Kier molecular flexibility index (Phi) is 6.00. The van der Waals surface area contributed by atoms with E-state index in [0.29, 0.717) is 22.6 Å². The quantitative estimate of drug-likeness (QED) is 0.408. The third-order valence-corrected chi connectivity index (χ3v) is 5.10. The second kappa shape index (κ2) is 9.02. The van der Waals surface area contributed by atoms with E-state index in [0.717, 1.165) is 16.9 Å². The van der Waals surface area contributed by atoms with Crippen molar-refractivity contribution in [3.05, 3.63) is 89.6 Å². The van der Waals surface area contributed by atoms with Gasteiger partial charge in [-0.3, -0.25) is 0 Å². The molecule has 3 aromatic carbocycles. The van der Waals surface area contributed by atoms with Crippen molar-refractivity contribution in [3.8, 4) is 39.6 Å². The number of phenolic OH excluding ortho intramolecular Hbond substituents is 1. The highest BCUT2D eigenvalue weighted by atomic mass is 35.5. The molecule has 0 aliphatic carbocycles. The number of benzene rings is 3. The summed E-state index contributed by atoms with van der Waals surface area (Å²) >= 11 is 6.04. The zero-order valence-corrected chi connectivity index (χ0v) is 17.3. The molecule has 0 fully saturated rings. The van der Waals surface area contributed by atoms with E-state index in [-0.39, 0.29) is 17.4 Å². The molecule has 5 nitrogen and oxygen atoms in total. The van der Waals surface area contributed by atoms with Crippen molar-refractivity contribution < 1.29 is 19.0 Å². The van der Waals surface area contributed by atoms with Gasteiger partial charge in [0.1, 0.15) is 36.0 Å². The van der Waals surface area contributed by atoms with E-state index >= 15 is 0 Å². The Bertz CT molecular complexity index is 1220. The Labute approximate surface area is 183 Å². The molecule has 31 heavy (non-hydrogen) atoms. The molecular formula is C24H18ClFN2O3. The van der Waals surface area contributed by atoms with Crippen molar-refractivity contribution in [2.75, 3.05) is 7.11 Å². The van der Waals surface area contributed by atoms with Gasteiger partial charge in [-0.1, -0.05) is 29.8 Å². The van der Waals surface area contributed by atoms with Crippen LogP contribution in [0.2, 0.25) is 5.02 Å². The molecule has 0 unspecified atom stereocenters. The smallest absolute Gasteiger partial charge is 0.128 e. The average Bonchev–Trinajstić information content (AvgIpc) is 2.79. The summed E-state index contributed by atoms with van der Waals surface area (Å²) < 4.78 is 24.1. The first-order valence-electron chi connectivity index (χ1n) is 9.39. The number of methoxy groups -OCH3 is 1. The maximum Gasteiger partial charge on any atom is 0.128 e. The molecule has 156 valence electrons. The SMILES string of the molecule is COc1ccc(-c2cncnc2-c2ccc(OCc3ccc(F)cc3Cl)cc2O)cc1. The molecule has 1 aromatic heterocycles. The van der Waals surface area contributed by atoms with Crippen molar-refractivity contribution in [1.29, 1.82) is 0 Å². The molecule has 0 aliphatic heterocycles. The van der Waals surface area contributed by atoms with Crippen LogP contribution in [0, 0.1) is 5.82 Å². The summed E-state index contributed by atoms with van der Waals surface area (Å²) in [6, 6.07) is 16.6. The molecular weight excluding hydrogens is 419 g/mol. The number of ether oxygens (including phenoxy) is 2. The average molecular weight is 437 g/mol. The number of aromatic nitrogens is 2. The fourth-order valence-electron chi connectivity index (χ4n) is 3.13. The van der Waals surface area contributed by atoms with Gasteiger partial charge in [0.25, 0.3) is 0 Å². The minimum absolute atomic E-state index is 0.0103. The Balaban J connectivity index is 1.60. The first kappa shape index (κ1) is 20.6. The summed E-state index contributed by atoms with van der Waals surface area (Å²) in [6.07, 6.45) is 3.13. The van der Waals surface area contributed by atoms with Crippen LogP contribution in [0.25, 0.3) is 22.4 Å². The normalized spacial score (nSPS) is 10.7. The van der Waals surface area contributed by atoms with E-state index in [1.807, 2.05) is 24.3 Å². The van der Waals surface area contributed by atoms with Gasteiger partial charge >= 0.3 is 0 Å². The van der Waals surface area contributed by atoms with Gasteiger partial charge in [-0.05, 0) is 42.0 Å². The van der Waals surface area contributed by atoms with Crippen LogP contribution >= 0.6 is 11.6 Å². The minimum Gasteiger partial charge on any atom is -0.507 e. The lowest BCUT2D eigenvalue weighted by molar-refractivity contribution is 0.304. The summed E-state index contributed by atoms with van der Waals surface area (Å²) in [4.78, 5) is 8.50. The van der Waals surface area contributed by atoms with Gasteiger partial charge in [0.05, 0.1) is 17.8 Å². The molecule has 0 aliphatic rings. The number of aromatic hydroxyl groups is 1. The Morgan fingerprint density at radius 3 is 2.45 bits per heavy atom. The largest absolute Gasteiger partial charge is 0.507 e. The first-order valence-corrected chi connectivity index (χ1v) is 9.77. The van der Waals surface area contributed by atoms with Crippen molar-refractivity contribution in [2.24, 2.45) is 0 Å². The van der Waals surface area contributed by atoms with E-state index in [4.69, 9.17) is 21.1 Å². The van der Waals surface area contributed by atoms with Crippen LogP contribution in [-0.4, -0.2) is 22.2 Å². The summed E-state index contributed by atoms with van der Waals surface area (Å²) in [5, 5.41) is 10.9. The Morgan fingerprint density at radius 1 is 0.968 bits per heavy atom. The molecule has 0 spiro atoms. The van der Waals surface area contributed by atoms with Gasteiger partial charge in [0.15, 0.2) is 0 Å². The lowest BCUT2D eigenvalue weighted by atomic mass is 10.00. The predicted molar refractivity (Wildman–Crippen MR) is 117 cm³/mol. The minimum atomic E-state index is -0.409. The number of nitrogens with zero attached hydrogens (tertiary/aromatic N) is 2. The van der Waals surface area contributed by atoms with Crippen molar-refractivity contribution in [3.63, 3.8) is 0 Å². The third-order valence-electron chi connectivity index (χ3n) is 4.75. The van der Waals surface area contributed by atoms with Gasteiger partial charge in [0.2, 0.25) is 0 Å². The van der Waals surface area contributed by atoms with Crippen LogP contribution in [-0.2, 0) is 6.61 Å². The summed E-state index contributed by atoms with van der Waals surface area (Å²) in [7, 11) is 1.61. The van der Waals surface area contributed by atoms with Crippen molar-refractivity contribution >= 4 is 11.6 Å². The molecule has 4 rings (SSSR count). The summed E-state index contributed by atoms with van der Waals surface area (Å²) in [6.45, 7) is 0.141. The van der Waals surface area contributed by atoms with E-state index in [9.17, 15) is 9.50 Å². The number of hydrogen-bond acceptors (Lipinski definition) is 5. The molecule has 0 saturated carbocycles. The van der Waals surface area contributed by atoms with E-state index in [2.05, 4.69) is 9.97 Å². The van der Waals surface area contributed by atoms with Crippen molar-refractivity contribution in [1.82, 2.24) is 9.97 Å². The highest BCUT2D eigenvalue weighted by Crippen LogP contribution is 2.37. The van der Waals surface area contributed by atoms with Crippen LogP contribution < -0.4 is 9.47 Å². The second-order valence-electron chi connectivity index (χ2n) is 6.72. The first-order chi connectivity index (χ1) is 15.0.